The molecule has 0 unspecified atom stereocenters. The van der Waals surface area contributed by atoms with Crippen LogP contribution in [0.3, 0.4) is 0 Å². The molecule has 0 aromatic heterocycles. The molecule has 1 fully saturated rings. The summed E-state index contributed by atoms with van der Waals surface area (Å²) in [5.74, 6) is -1.35. The molecule has 2 aromatic carbocycles. The van der Waals surface area contributed by atoms with Crippen LogP contribution >= 0.6 is 0 Å². The van der Waals surface area contributed by atoms with Crippen molar-refractivity contribution in [1.82, 2.24) is 9.80 Å². The summed E-state index contributed by atoms with van der Waals surface area (Å²) in [7, 11) is 4.23. The number of amides is 1. The summed E-state index contributed by atoms with van der Waals surface area (Å²) in [6.07, 6.45) is 0.781. The summed E-state index contributed by atoms with van der Waals surface area (Å²) in [5, 5.41) is 9.57. The SMILES string of the molecule is CN(C)[C@H](CN1CC[C@H](O)C1)c1ccccc1.[NH-]C(=O)c1cccc(F)c1.[Pr]. The molecule has 3 rings (SSSR count). The number of benzene rings is 2. The molecule has 2 atom stereocenters. The van der Waals surface area contributed by atoms with Crippen LogP contribution in [0.2, 0.25) is 0 Å². The molecule has 0 bridgehead atoms. The Kier molecular flexibility index (Phi) is 11.3. The van der Waals surface area contributed by atoms with Gasteiger partial charge in [-0.15, -0.1) is 0 Å². The quantitative estimate of drug-likeness (QED) is 0.666. The van der Waals surface area contributed by atoms with Gasteiger partial charge >= 0.3 is 0 Å². The number of nitrogens with zero attached hydrogens (tertiary/aromatic N) is 2. The van der Waals surface area contributed by atoms with Gasteiger partial charge in [-0.05, 0) is 38.2 Å². The Hall–Kier alpha value is -0.916. The average molecular weight is 513 g/mol. The number of aliphatic hydroxyl groups excluding tert-OH is 1. The van der Waals surface area contributed by atoms with Gasteiger partial charge in [0.2, 0.25) is 0 Å². The smallest absolute Gasteiger partial charge is 0.123 e. The van der Waals surface area contributed by atoms with E-state index in [1.807, 2.05) is 0 Å². The number of likely N-dealkylation sites (tertiary alicyclic amines) is 1. The van der Waals surface area contributed by atoms with Crippen LogP contribution in [-0.4, -0.2) is 60.6 Å². The Morgan fingerprint density at radius 2 is 1.93 bits per heavy atom. The summed E-state index contributed by atoms with van der Waals surface area (Å²) in [4.78, 5) is 14.9. The van der Waals surface area contributed by atoms with Crippen molar-refractivity contribution in [2.75, 3.05) is 33.7 Å². The Labute approximate surface area is 199 Å². The molecule has 1 saturated heterocycles. The normalized spacial score (nSPS) is 17.4. The van der Waals surface area contributed by atoms with Crippen LogP contribution in [0.25, 0.3) is 5.73 Å². The van der Waals surface area contributed by atoms with Gasteiger partial charge in [-0.2, -0.15) is 0 Å². The maximum atomic E-state index is 12.3. The fourth-order valence-corrected chi connectivity index (χ4v) is 3.09. The first-order valence-corrected chi connectivity index (χ1v) is 9.00. The minimum atomic E-state index is -0.862. The van der Waals surface area contributed by atoms with Crippen LogP contribution in [-0.2, 0) is 0 Å². The number of carbonyl (C=O) groups is 1. The topological polar surface area (TPSA) is 67.6 Å². The first-order chi connectivity index (χ1) is 12.9. The van der Waals surface area contributed by atoms with Crippen LogP contribution < -0.4 is 0 Å². The zero-order valence-corrected chi connectivity index (χ0v) is 20.1. The number of hydrogen-bond donors (Lipinski definition) is 1. The second kappa shape index (κ2) is 12.6. The van der Waals surface area contributed by atoms with E-state index in [9.17, 15) is 14.3 Å². The van der Waals surface area contributed by atoms with Gasteiger partial charge in [-0.1, -0.05) is 42.5 Å². The molecule has 2 aromatic rings. The molecule has 0 saturated carbocycles. The molecule has 2 N–H and O–H groups in total. The Morgan fingerprint density at radius 3 is 2.39 bits per heavy atom. The monoisotopic (exact) mass is 513 g/mol. The number of aliphatic hydroxyl groups is 1. The summed E-state index contributed by atoms with van der Waals surface area (Å²) >= 11 is 0. The van der Waals surface area contributed by atoms with Crippen LogP contribution in [0, 0.1) is 47.1 Å². The summed E-state index contributed by atoms with van der Waals surface area (Å²) in [6.45, 7) is 2.82. The van der Waals surface area contributed by atoms with Crippen molar-refractivity contribution in [1.29, 1.82) is 0 Å². The Bertz CT molecular complexity index is 731. The number of halogens is 1. The number of rotatable bonds is 5. The van der Waals surface area contributed by atoms with Crippen LogP contribution in [0.4, 0.5) is 4.39 Å². The van der Waals surface area contributed by atoms with Gasteiger partial charge in [0.25, 0.3) is 0 Å². The van der Waals surface area contributed by atoms with Gasteiger partial charge in [0.1, 0.15) is 5.82 Å². The zero-order valence-electron chi connectivity index (χ0n) is 16.4. The molecule has 0 spiro atoms. The second-order valence-corrected chi connectivity index (χ2v) is 6.93. The van der Waals surface area contributed by atoms with Crippen molar-refractivity contribution < 1.29 is 55.6 Å². The number of likely N-dealkylation sites (N-methyl/N-ethyl adjacent to an activating group) is 1. The minimum Gasteiger partial charge on any atom is -0.664 e. The standard InChI is InChI=1S/C14H22N2O.C7H6FNO.Pr/c1-15(2)14(12-6-4-3-5-7-12)11-16-9-8-13(17)10-16;8-6-3-1-2-5(4-6)7(9)10;/h3-7,13-14,17H,8-11H2,1-2H3;1-4H,(H2,9,10);/p-1/t13-,14+;;/m0../s1. The molecule has 1 aliphatic rings. The zero-order chi connectivity index (χ0) is 19.8. The van der Waals surface area contributed by atoms with Gasteiger partial charge in [-0.25, -0.2) is 4.39 Å². The third kappa shape index (κ3) is 8.22. The van der Waals surface area contributed by atoms with E-state index in [-0.39, 0.29) is 53.0 Å². The van der Waals surface area contributed by atoms with E-state index >= 15 is 0 Å². The summed E-state index contributed by atoms with van der Waals surface area (Å²) in [5.41, 5.74) is 8.04. The van der Waals surface area contributed by atoms with E-state index < -0.39 is 11.7 Å². The predicted molar refractivity (Wildman–Crippen MR) is 105 cm³/mol. The van der Waals surface area contributed by atoms with Gasteiger partial charge in [-0.3, -0.25) is 4.90 Å². The Balaban J connectivity index is 0.000000307. The van der Waals surface area contributed by atoms with E-state index in [2.05, 4.69) is 54.2 Å². The molecule has 149 valence electrons. The van der Waals surface area contributed by atoms with E-state index in [1.165, 1.54) is 23.8 Å². The van der Waals surface area contributed by atoms with Gasteiger partial charge in [0.15, 0.2) is 0 Å². The maximum absolute atomic E-state index is 12.3. The number of hydrogen-bond acceptors (Lipinski definition) is 4. The second-order valence-electron chi connectivity index (χ2n) is 6.93. The van der Waals surface area contributed by atoms with Crippen LogP contribution in [0.1, 0.15) is 28.4 Å². The first kappa shape index (κ1) is 25.1. The predicted octanol–water partition coefficient (Wildman–Crippen LogP) is 3.37. The van der Waals surface area contributed by atoms with Crippen molar-refractivity contribution in [2.45, 2.75) is 18.6 Å². The fraction of sp³-hybridized carbons (Fsp3) is 0.381. The third-order valence-electron chi connectivity index (χ3n) is 4.57. The van der Waals surface area contributed by atoms with Gasteiger partial charge in [0, 0.05) is 72.5 Å². The van der Waals surface area contributed by atoms with Crippen molar-refractivity contribution in [3.05, 3.63) is 77.3 Å². The molecule has 1 aliphatic heterocycles. The molecule has 1 radical (unpaired) electrons. The van der Waals surface area contributed by atoms with E-state index in [1.54, 1.807) is 0 Å². The van der Waals surface area contributed by atoms with Crippen LogP contribution in [0.15, 0.2) is 54.6 Å². The van der Waals surface area contributed by atoms with Gasteiger partial charge < -0.3 is 20.5 Å². The molecular formula is C21H27FN3O2Pr-. The molecule has 0 aliphatic carbocycles. The molecule has 28 heavy (non-hydrogen) atoms. The number of carbonyl (C=O) groups excluding carboxylic acids is 1. The van der Waals surface area contributed by atoms with Crippen LogP contribution in [0.5, 0.6) is 0 Å². The van der Waals surface area contributed by atoms with Crippen molar-refractivity contribution in [2.24, 2.45) is 0 Å². The maximum Gasteiger partial charge on any atom is 0.123 e. The third-order valence-corrected chi connectivity index (χ3v) is 4.57. The minimum absolute atomic E-state index is 0. The molecule has 5 nitrogen and oxygen atoms in total. The summed E-state index contributed by atoms with van der Waals surface area (Å²) in [6, 6.07) is 16.1. The summed E-state index contributed by atoms with van der Waals surface area (Å²) < 4.78 is 12.3. The fourth-order valence-electron chi connectivity index (χ4n) is 3.09. The van der Waals surface area contributed by atoms with E-state index in [0.717, 1.165) is 32.1 Å². The van der Waals surface area contributed by atoms with Crippen molar-refractivity contribution >= 4 is 5.91 Å². The Morgan fingerprint density at radius 1 is 1.25 bits per heavy atom. The number of nitrogens with one attached hydrogen (secondary N) is 1. The largest absolute Gasteiger partial charge is 0.664 e. The van der Waals surface area contributed by atoms with E-state index in [0.29, 0.717) is 6.04 Å². The van der Waals surface area contributed by atoms with Crippen molar-refractivity contribution in [3.63, 3.8) is 0 Å². The van der Waals surface area contributed by atoms with Crippen molar-refractivity contribution in [3.8, 4) is 0 Å². The van der Waals surface area contributed by atoms with Gasteiger partial charge in [0.05, 0.1) is 12.0 Å². The average Bonchev–Trinajstić information content (AvgIpc) is 3.06. The van der Waals surface area contributed by atoms with E-state index in [4.69, 9.17) is 5.73 Å². The first-order valence-electron chi connectivity index (χ1n) is 9.00. The molecular weight excluding hydrogens is 486 g/mol. The molecule has 1 heterocycles. The molecule has 1 amide bonds. The molecule has 7 heteroatoms. The number of β-amino-alcohol motifs (C(OH)–C–C–N with tert-alkyl or cyclic N) is 1.